The van der Waals surface area contributed by atoms with Gasteiger partial charge >= 0.3 is 0 Å². The van der Waals surface area contributed by atoms with Crippen LogP contribution in [0.1, 0.15) is 77.6 Å². The van der Waals surface area contributed by atoms with Crippen LogP contribution in [0.4, 0.5) is 0 Å². The zero-order chi connectivity index (χ0) is 21.9. The Morgan fingerprint density at radius 1 is 1.06 bits per heavy atom. The first-order valence-electron chi connectivity index (χ1n) is 13.2. The highest BCUT2D eigenvalue weighted by Gasteiger charge is 2.58. The Labute approximate surface area is 192 Å². The summed E-state index contributed by atoms with van der Waals surface area (Å²) in [6.45, 7) is 2.92. The lowest BCUT2D eigenvalue weighted by Crippen LogP contribution is -2.51. The van der Waals surface area contributed by atoms with Crippen LogP contribution in [-0.2, 0) is 11.3 Å². The summed E-state index contributed by atoms with van der Waals surface area (Å²) in [6.07, 6.45) is 18.1. The van der Waals surface area contributed by atoms with Crippen molar-refractivity contribution in [2.75, 3.05) is 0 Å². The topological polar surface area (TPSA) is 55.1 Å². The summed E-state index contributed by atoms with van der Waals surface area (Å²) in [5, 5.41) is 11.2. The van der Waals surface area contributed by atoms with Crippen molar-refractivity contribution in [3.05, 3.63) is 18.7 Å². The fourth-order valence-electron chi connectivity index (χ4n) is 8.66. The van der Waals surface area contributed by atoms with Gasteiger partial charge < -0.3 is 9.67 Å². The predicted molar refractivity (Wildman–Crippen MR) is 123 cm³/mol. The van der Waals surface area contributed by atoms with Crippen molar-refractivity contribution in [2.45, 2.75) is 89.7 Å². The van der Waals surface area contributed by atoms with E-state index in [0.717, 1.165) is 43.4 Å². The molecule has 6 rings (SSSR count). The number of nitrogens with zero attached hydrogens (tertiary/aromatic N) is 2. The van der Waals surface area contributed by atoms with Crippen LogP contribution in [0.15, 0.2) is 18.7 Å². The molecule has 5 aliphatic carbocycles. The van der Waals surface area contributed by atoms with E-state index in [1.807, 2.05) is 10.8 Å². The lowest BCUT2D eigenvalue weighted by molar-refractivity contribution is -0.132. The summed E-state index contributed by atoms with van der Waals surface area (Å²) in [6, 6.07) is 0. The molecule has 1 aromatic rings. The average Bonchev–Trinajstić information content (AvgIpc) is 3.34. The van der Waals surface area contributed by atoms with Crippen LogP contribution in [0.3, 0.4) is 0 Å². The Morgan fingerprint density at radius 3 is 2.69 bits per heavy atom. The molecule has 4 nitrogen and oxygen atoms in total. The highest BCUT2D eigenvalue weighted by atomic mass is 16.3. The number of carbonyl (C=O) groups excluding carboxylic acids is 1. The number of carbonyl (C=O) groups is 1. The SMILES string of the molecule is C[C@]12CC[C@H]3[C@@H](CC[C@H]4C[C@@](O)(C#CC5CC5)CC[C@@H]43)[C@@H]1CC[C@@H]2C(=O)Cn1ccnc1. The van der Waals surface area contributed by atoms with Crippen molar-refractivity contribution in [1.29, 1.82) is 0 Å². The van der Waals surface area contributed by atoms with Crippen LogP contribution in [-0.4, -0.2) is 26.0 Å². The highest BCUT2D eigenvalue weighted by molar-refractivity contribution is 5.82. The Kier molecular flexibility index (Phi) is 5.06. The van der Waals surface area contributed by atoms with Gasteiger partial charge in [0, 0.05) is 24.2 Å². The van der Waals surface area contributed by atoms with E-state index in [0.29, 0.717) is 30.1 Å². The maximum absolute atomic E-state index is 13.3. The largest absolute Gasteiger partial charge is 0.378 e. The van der Waals surface area contributed by atoms with E-state index in [2.05, 4.69) is 23.7 Å². The summed E-state index contributed by atoms with van der Waals surface area (Å²) >= 11 is 0. The van der Waals surface area contributed by atoms with Crippen molar-refractivity contribution in [3.8, 4) is 11.8 Å². The molecular weight excluding hydrogens is 396 g/mol. The lowest BCUT2D eigenvalue weighted by Gasteiger charge is -2.56. The molecule has 5 fully saturated rings. The van der Waals surface area contributed by atoms with Gasteiger partial charge in [-0.2, -0.15) is 0 Å². The van der Waals surface area contributed by atoms with Crippen molar-refractivity contribution < 1.29 is 9.90 Å². The molecule has 0 bridgehead atoms. The number of rotatable bonds is 3. The molecule has 5 saturated carbocycles. The fraction of sp³-hybridized carbons (Fsp3) is 0.786. The van der Waals surface area contributed by atoms with Crippen LogP contribution in [0.5, 0.6) is 0 Å². The molecule has 0 amide bonds. The Morgan fingerprint density at radius 2 is 1.91 bits per heavy atom. The van der Waals surface area contributed by atoms with E-state index < -0.39 is 5.60 Å². The third-order valence-corrected chi connectivity index (χ3v) is 10.4. The molecular formula is C28H38N2O2. The van der Waals surface area contributed by atoms with Gasteiger partial charge in [-0.25, -0.2) is 4.98 Å². The van der Waals surface area contributed by atoms with Gasteiger partial charge in [0.05, 0.1) is 12.9 Å². The van der Waals surface area contributed by atoms with E-state index in [-0.39, 0.29) is 11.3 Å². The van der Waals surface area contributed by atoms with Gasteiger partial charge in [-0.3, -0.25) is 4.79 Å². The van der Waals surface area contributed by atoms with Gasteiger partial charge in [0.25, 0.3) is 0 Å². The number of imidazole rings is 1. The molecule has 172 valence electrons. The maximum Gasteiger partial charge on any atom is 0.156 e. The molecule has 4 heteroatoms. The second kappa shape index (κ2) is 7.73. The van der Waals surface area contributed by atoms with Crippen molar-refractivity contribution in [1.82, 2.24) is 9.55 Å². The number of aliphatic hydroxyl groups is 1. The van der Waals surface area contributed by atoms with Gasteiger partial charge in [0.15, 0.2) is 5.78 Å². The standard InChI is InChI=1S/C28H38N2O2/c1-27-11-9-22-21-10-13-28(32,12-8-19-2-3-19)16-20(21)4-5-23(22)24(27)6-7-25(27)26(31)17-30-15-14-29-18-30/h14-15,18-25,32H,2-7,9-11,13,16-17H2,1H3/t20-,21-,22+,23+,24-,25+,27-,28+/m0/s1. The van der Waals surface area contributed by atoms with E-state index in [4.69, 9.17) is 0 Å². The molecule has 1 aromatic heterocycles. The van der Waals surface area contributed by atoms with Gasteiger partial charge in [-0.1, -0.05) is 18.8 Å². The lowest BCUT2D eigenvalue weighted by atomic mass is 9.49. The Bertz CT molecular complexity index is 925. The highest BCUT2D eigenvalue weighted by Crippen LogP contribution is 2.64. The summed E-state index contributed by atoms with van der Waals surface area (Å²) < 4.78 is 1.94. The first-order chi connectivity index (χ1) is 15.5. The quantitative estimate of drug-likeness (QED) is 0.691. The minimum absolute atomic E-state index is 0.177. The normalized spacial score (nSPS) is 45.2. The number of ketones is 1. The third kappa shape index (κ3) is 3.56. The van der Waals surface area contributed by atoms with Crippen LogP contribution in [0, 0.1) is 58.7 Å². The van der Waals surface area contributed by atoms with Crippen molar-refractivity contribution in [3.63, 3.8) is 0 Å². The summed E-state index contributed by atoms with van der Waals surface area (Å²) in [5.74, 6) is 11.5. The molecule has 1 heterocycles. The van der Waals surface area contributed by atoms with E-state index >= 15 is 0 Å². The molecule has 0 saturated heterocycles. The predicted octanol–water partition coefficient (Wildman–Crippen LogP) is 4.87. The molecule has 32 heavy (non-hydrogen) atoms. The van der Waals surface area contributed by atoms with E-state index in [1.165, 1.54) is 44.9 Å². The first kappa shape index (κ1) is 21.0. The fourth-order valence-corrected chi connectivity index (χ4v) is 8.66. The number of hydrogen-bond donors (Lipinski definition) is 1. The summed E-state index contributed by atoms with van der Waals surface area (Å²) in [7, 11) is 0. The number of hydrogen-bond acceptors (Lipinski definition) is 3. The van der Waals surface area contributed by atoms with Gasteiger partial charge in [0.1, 0.15) is 5.60 Å². The third-order valence-electron chi connectivity index (χ3n) is 10.4. The number of Topliss-reactive ketones (excluding diaryl/α,β-unsaturated/α-hetero) is 1. The Hall–Kier alpha value is -1.60. The molecule has 0 radical (unpaired) electrons. The second-order valence-corrected chi connectivity index (χ2v) is 12.1. The molecule has 1 N–H and O–H groups in total. The molecule has 8 atom stereocenters. The van der Waals surface area contributed by atoms with Gasteiger partial charge in [-0.15, -0.1) is 0 Å². The van der Waals surface area contributed by atoms with E-state index in [1.54, 1.807) is 12.5 Å². The van der Waals surface area contributed by atoms with Gasteiger partial charge in [-0.05, 0) is 106 Å². The first-order valence-corrected chi connectivity index (χ1v) is 13.2. The average molecular weight is 435 g/mol. The smallest absolute Gasteiger partial charge is 0.156 e. The second-order valence-electron chi connectivity index (χ2n) is 12.1. The zero-order valence-electron chi connectivity index (χ0n) is 19.5. The minimum atomic E-state index is -0.724. The molecule has 0 aliphatic heterocycles. The summed E-state index contributed by atoms with van der Waals surface area (Å²) in [5.41, 5.74) is -0.547. The molecule has 0 unspecified atom stereocenters. The van der Waals surface area contributed by atoms with E-state index in [9.17, 15) is 9.90 Å². The van der Waals surface area contributed by atoms with Crippen molar-refractivity contribution in [2.24, 2.45) is 46.8 Å². The van der Waals surface area contributed by atoms with Crippen LogP contribution >= 0.6 is 0 Å². The van der Waals surface area contributed by atoms with Crippen LogP contribution in [0.2, 0.25) is 0 Å². The minimum Gasteiger partial charge on any atom is -0.378 e. The number of aromatic nitrogens is 2. The Balaban J connectivity index is 1.15. The van der Waals surface area contributed by atoms with Crippen LogP contribution < -0.4 is 0 Å². The van der Waals surface area contributed by atoms with Crippen LogP contribution in [0.25, 0.3) is 0 Å². The number of fused-ring (bicyclic) bond motifs is 5. The molecule has 5 aliphatic rings. The molecule has 0 spiro atoms. The zero-order valence-corrected chi connectivity index (χ0v) is 19.5. The van der Waals surface area contributed by atoms with Gasteiger partial charge in [0.2, 0.25) is 0 Å². The van der Waals surface area contributed by atoms with Crippen molar-refractivity contribution >= 4 is 5.78 Å². The maximum atomic E-state index is 13.3. The monoisotopic (exact) mass is 434 g/mol. The summed E-state index contributed by atoms with van der Waals surface area (Å²) in [4.78, 5) is 17.4. The molecule has 0 aromatic carbocycles.